The van der Waals surface area contributed by atoms with Gasteiger partial charge in [-0.2, -0.15) is 5.26 Å². The van der Waals surface area contributed by atoms with Crippen LogP contribution in [0.2, 0.25) is 5.02 Å². The van der Waals surface area contributed by atoms with Crippen LogP contribution in [0, 0.1) is 24.1 Å². The molecule has 3 aromatic rings. The van der Waals surface area contributed by atoms with E-state index in [0.717, 1.165) is 11.1 Å². The van der Waals surface area contributed by atoms with Gasteiger partial charge in [-0.05, 0) is 60.5 Å². The number of halogens is 2. The molecule has 0 fully saturated rings. The van der Waals surface area contributed by atoms with E-state index in [2.05, 4.69) is 5.32 Å². The largest absolute Gasteiger partial charge is 0.497 e. The van der Waals surface area contributed by atoms with Crippen LogP contribution in [0.1, 0.15) is 16.7 Å². The summed E-state index contributed by atoms with van der Waals surface area (Å²) >= 11 is 6.01. The standard InChI is InChI=1S/C25H20ClFN2O3/c1-16-3-7-20(26)12-23(16)29-25(30)19(14-28)11-18-6-10-22(31-2)13-24(18)32-15-17-4-8-21(27)9-5-17/h3-13H,15H2,1-2H3,(H,29,30)/b19-11+. The first kappa shape index (κ1) is 22.9. The minimum atomic E-state index is -0.571. The van der Waals surface area contributed by atoms with Crippen molar-refractivity contribution in [3.05, 3.63) is 93.8 Å². The van der Waals surface area contributed by atoms with Crippen LogP contribution in [-0.4, -0.2) is 13.0 Å². The number of hydrogen-bond acceptors (Lipinski definition) is 4. The number of nitrogens with zero attached hydrogens (tertiary/aromatic N) is 1. The van der Waals surface area contributed by atoms with E-state index >= 15 is 0 Å². The zero-order chi connectivity index (χ0) is 23.1. The summed E-state index contributed by atoms with van der Waals surface area (Å²) in [4.78, 5) is 12.7. The molecule has 0 atom stereocenters. The maximum atomic E-state index is 13.1. The highest BCUT2D eigenvalue weighted by Gasteiger charge is 2.14. The van der Waals surface area contributed by atoms with Crippen LogP contribution in [0.3, 0.4) is 0 Å². The Hall–Kier alpha value is -3.82. The summed E-state index contributed by atoms with van der Waals surface area (Å²) in [5, 5.41) is 12.8. The average Bonchev–Trinajstić information content (AvgIpc) is 2.79. The van der Waals surface area contributed by atoms with Gasteiger partial charge in [-0.3, -0.25) is 4.79 Å². The molecule has 1 amide bonds. The number of carbonyl (C=O) groups excluding carboxylic acids is 1. The fourth-order valence-corrected chi connectivity index (χ4v) is 3.02. The molecule has 0 spiro atoms. The number of carbonyl (C=O) groups is 1. The molecule has 0 saturated carbocycles. The predicted octanol–water partition coefficient (Wildman–Crippen LogP) is 5.92. The van der Waals surface area contributed by atoms with Crippen LogP contribution >= 0.6 is 11.6 Å². The number of rotatable bonds is 7. The summed E-state index contributed by atoms with van der Waals surface area (Å²) in [7, 11) is 1.52. The Kier molecular flexibility index (Phi) is 7.48. The maximum Gasteiger partial charge on any atom is 0.266 e. The molecule has 7 heteroatoms. The lowest BCUT2D eigenvalue weighted by molar-refractivity contribution is -0.112. The van der Waals surface area contributed by atoms with Crippen molar-refractivity contribution in [2.45, 2.75) is 13.5 Å². The van der Waals surface area contributed by atoms with Gasteiger partial charge in [0.05, 0.1) is 7.11 Å². The van der Waals surface area contributed by atoms with E-state index in [1.807, 2.05) is 13.0 Å². The van der Waals surface area contributed by atoms with Crippen molar-refractivity contribution < 1.29 is 18.7 Å². The smallest absolute Gasteiger partial charge is 0.266 e. The highest BCUT2D eigenvalue weighted by atomic mass is 35.5. The van der Waals surface area contributed by atoms with Gasteiger partial charge in [0.2, 0.25) is 0 Å². The van der Waals surface area contributed by atoms with Crippen LogP contribution in [0.4, 0.5) is 10.1 Å². The van der Waals surface area contributed by atoms with Gasteiger partial charge < -0.3 is 14.8 Å². The third-order valence-electron chi connectivity index (χ3n) is 4.64. The molecule has 32 heavy (non-hydrogen) atoms. The number of aryl methyl sites for hydroxylation is 1. The molecule has 0 bridgehead atoms. The van der Waals surface area contributed by atoms with Crippen molar-refractivity contribution in [3.63, 3.8) is 0 Å². The fraction of sp³-hybridized carbons (Fsp3) is 0.120. The molecule has 3 rings (SSSR count). The molecule has 0 aromatic heterocycles. The van der Waals surface area contributed by atoms with Gasteiger partial charge in [-0.25, -0.2) is 4.39 Å². The summed E-state index contributed by atoms with van der Waals surface area (Å²) < 4.78 is 24.3. The first-order valence-corrected chi connectivity index (χ1v) is 10.0. The van der Waals surface area contributed by atoms with Crippen LogP contribution in [0.25, 0.3) is 6.08 Å². The fourth-order valence-electron chi connectivity index (χ4n) is 2.85. The molecular weight excluding hydrogens is 431 g/mol. The van der Waals surface area contributed by atoms with Crippen LogP contribution in [0.15, 0.2) is 66.2 Å². The van der Waals surface area contributed by atoms with Crippen LogP contribution in [-0.2, 0) is 11.4 Å². The van der Waals surface area contributed by atoms with Crippen molar-refractivity contribution in [1.29, 1.82) is 5.26 Å². The Morgan fingerprint density at radius 3 is 2.59 bits per heavy atom. The highest BCUT2D eigenvalue weighted by molar-refractivity contribution is 6.31. The minimum absolute atomic E-state index is 0.110. The lowest BCUT2D eigenvalue weighted by atomic mass is 10.1. The summed E-state index contributed by atoms with van der Waals surface area (Å²) in [6, 6.07) is 18.0. The molecule has 1 N–H and O–H groups in total. The molecule has 5 nitrogen and oxygen atoms in total. The van der Waals surface area contributed by atoms with E-state index in [1.165, 1.54) is 25.3 Å². The number of anilines is 1. The van der Waals surface area contributed by atoms with Gasteiger partial charge in [-0.1, -0.05) is 29.8 Å². The van der Waals surface area contributed by atoms with E-state index in [1.54, 1.807) is 48.5 Å². The topological polar surface area (TPSA) is 71.3 Å². The van der Waals surface area contributed by atoms with Crippen molar-refractivity contribution in [3.8, 4) is 17.6 Å². The molecule has 162 valence electrons. The zero-order valence-corrected chi connectivity index (χ0v) is 18.2. The van der Waals surface area contributed by atoms with Crippen LogP contribution < -0.4 is 14.8 Å². The normalized spacial score (nSPS) is 10.9. The van der Waals surface area contributed by atoms with Crippen molar-refractivity contribution in [2.24, 2.45) is 0 Å². The van der Waals surface area contributed by atoms with Crippen molar-refractivity contribution in [1.82, 2.24) is 0 Å². The van der Waals surface area contributed by atoms with E-state index in [4.69, 9.17) is 21.1 Å². The van der Waals surface area contributed by atoms with Crippen molar-refractivity contribution >= 4 is 29.3 Å². The summed E-state index contributed by atoms with van der Waals surface area (Å²) in [6.07, 6.45) is 1.44. The molecule has 0 unspecified atom stereocenters. The summed E-state index contributed by atoms with van der Waals surface area (Å²) in [5.74, 6) is 0.0541. The van der Waals surface area contributed by atoms with Crippen LogP contribution in [0.5, 0.6) is 11.5 Å². The second-order valence-corrected chi connectivity index (χ2v) is 7.34. The molecule has 0 saturated heterocycles. The molecule has 0 aliphatic carbocycles. The Morgan fingerprint density at radius 2 is 1.91 bits per heavy atom. The molecule has 0 aliphatic heterocycles. The second kappa shape index (κ2) is 10.5. The number of amides is 1. The SMILES string of the molecule is COc1ccc(/C=C(\C#N)C(=O)Nc2cc(Cl)ccc2C)c(OCc2ccc(F)cc2)c1. The molecule has 0 heterocycles. The monoisotopic (exact) mass is 450 g/mol. The van der Waals surface area contributed by atoms with Gasteiger partial charge in [0.1, 0.15) is 35.6 Å². The number of hydrogen-bond donors (Lipinski definition) is 1. The number of nitrogens with one attached hydrogen (secondary N) is 1. The lowest BCUT2D eigenvalue weighted by Gasteiger charge is -2.12. The second-order valence-electron chi connectivity index (χ2n) is 6.90. The molecule has 3 aromatic carbocycles. The highest BCUT2D eigenvalue weighted by Crippen LogP contribution is 2.28. The Balaban J connectivity index is 1.87. The third-order valence-corrected chi connectivity index (χ3v) is 4.88. The summed E-state index contributed by atoms with van der Waals surface area (Å²) in [6.45, 7) is 2.00. The first-order valence-electron chi connectivity index (χ1n) is 9.64. The van der Waals surface area contributed by atoms with E-state index < -0.39 is 5.91 Å². The number of benzene rings is 3. The maximum absolute atomic E-state index is 13.1. The van der Waals surface area contributed by atoms with E-state index in [-0.39, 0.29) is 18.0 Å². The average molecular weight is 451 g/mol. The lowest BCUT2D eigenvalue weighted by Crippen LogP contribution is -2.14. The Morgan fingerprint density at radius 1 is 1.16 bits per heavy atom. The number of nitriles is 1. The number of methoxy groups -OCH3 is 1. The quantitative estimate of drug-likeness (QED) is 0.358. The predicted molar refractivity (Wildman–Crippen MR) is 122 cm³/mol. The molecular formula is C25H20ClFN2O3. The van der Waals surface area contributed by atoms with E-state index in [0.29, 0.717) is 27.8 Å². The summed E-state index contributed by atoms with van der Waals surface area (Å²) in [5.41, 5.74) is 2.50. The molecule has 0 radical (unpaired) electrons. The minimum Gasteiger partial charge on any atom is -0.497 e. The van der Waals surface area contributed by atoms with E-state index in [9.17, 15) is 14.4 Å². The van der Waals surface area contributed by atoms with Gasteiger partial charge >= 0.3 is 0 Å². The van der Waals surface area contributed by atoms with Gasteiger partial charge in [-0.15, -0.1) is 0 Å². The zero-order valence-electron chi connectivity index (χ0n) is 17.5. The van der Waals surface area contributed by atoms with Gasteiger partial charge in [0.25, 0.3) is 5.91 Å². The van der Waals surface area contributed by atoms with Gasteiger partial charge in [0, 0.05) is 22.3 Å². The Labute approximate surface area is 190 Å². The first-order chi connectivity index (χ1) is 15.4. The molecule has 0 aliphatic rings. The third kappa shape index (κ3) is 5.87. The number of ether oxygens (including phenoxy) is 2. The van der Waals surface area contributed by atoms with Crippen molar-refractivity contribution in [2.75, 3.05) is 12.4 Å². The Bertz CT molecular complexity index is 1200. The van der Waals surface area contributed by atoms with Gasteiger partial charge in [0.15, 0.2) is 0 Å².